The molecule has 0 aliphatic heterocycles. The molecule has 2 heteroatoms. The molecule has 0 unspecified atom stereocenters. The zero-order chi connectivity index (χ0) is 7.11. The summed E-state index contributed by atoms with van der Waals surface area (Å²) in [5, 5.41) is 3.26. The van der Waals surface area contributed by atoms with E-state index in [0.717, 1.165) is 19.8 Å². The fourth-order valence-electron chi connectivity index (χ4n) is 0.564. The lowest BCUT2D eigenvalue weighted by Crippen LogP contribution is -2.26. The van der Waals surface area contributed by atoms with E-state index in [1.54, 1.807) is 0 Å². The van der Waals surface area contributed by atoms with Gasteiger partial charge in [0.15, 0.2) is 0 Å². The molecular formula is C7H19NO. The van der Waals surface area contributed by atoms with Crippen LogP contribution in [-0.2, 0) is 4.74 Å². The van der Waals surface area contributed by atoms with Crippen LogP contribution in [0.1, 0.15) is 22.2 Å². The first-order valence-electron chi connectivity index (χ1n) is 3.58. The van der Waals surface area contributed by atoms with Crippen molar-refractivity contribution in [3.63, 3.8) is 0 Å². The molecule has 0 aliphatic rings. The highest BCUT2D eigenvalue weighted by Gasteiger charge is 1.88. The van der Waals surface area contributed by atoms with Crippen molar-refractivity contribution in [1.29, 1.82) is 0 Å². The molecule has 0 heterocycles. The molecule has 9 heavy (non-hydrogen) atoms. The van der Waals surface area contributed by atoms with Gasteiger partial charge in [0.1, 0.15) is 0 Å². The smallest absolute Gasteiger partial charge is 0.0590 e. The van der Waals surface area contributed by atoms with E-state index in [1.165, 1.54) is 0 Å². The van der Waals surface area contributed by atoms with Gasteiger partial charge in [-0.25, -0.2) is 0 Å². The van der Waals surface area contributed by atoms with E-state index in [1.807, 2.05) is 6.92 Å². The quantitative estimate of drug-likeness (QED) is 0.570. The maximum atomic E-state index is 5.12. The highest BCUT2D eigenvalue weighted by Crippen LogP contribution is 1.75. The van der Waals surface area contributed by atoms with Crippen molar-refractivity contribution in [3.05, 3.63) is 0 Å². The monoisotopic (exact) mass is 133 g/mol. The van der Waals surface area contributed by atoms with Gasteiger partial charge in [-0.2, -0.15) is 0 Å². The summed E-state index contributed by atoms with van der Waals surface area (Å²) in [5.74, 6) is 0. The minimum atomic E-state index is 0. The van der Waals surface area contributed by atoms with Crippen molar-refractivity contribution in [2.45, 2.75) is 26.8 Å². The van der Waals surface area contributed by atoms with Crippen molar-refractivity contribution >= 4 is 0 Å². The lowest BCUT2D eigenvalue weighted by molar-refractivity contribution is 0.147. The molecule has 0 saturated carbocycles. The van der Waals surface area contributed by atoms with E-state index in [0.29, 0.717) is 6.04 Å². The number of hydrogen-bond donors (Lipinski definition) is 1. The Hall–Kier alpha value is -0.0800. The molecule has 0 aromatic carbocycles. The van der Waals surface area contributed by atoms with Gasteiger partial charge in [-0.05, 0) is 6.92 Å². The summed E-state index contributed by atoms with van der Waals surface area (Å²) in [4.78, 5) is 0. The van der Waals surface area contributed by atoms with Gasteiger partial charge in [0.05, 0.1) is 6.61 Å². The van der Waals surface area contributed by atoms with Crippen LogP contribution in [0.2, 0.25) is 0 Å². The molecule has 0 rings (SSSR count). The Morgan fingerprint density at radius 2 is 2.22 bits per heavy atom. The second-order valence-electron chi connectivity index (χ2n) is 2.31. The lowest BCUT2D eigenvalue weighted by atomic mass is 10.4. The molecule has 0 atom stereocenters. The summed E-state index contributed by atoms with van der Waals surface area (Å²) in [6, 6.07) is 0.574. The number of rotatable bonds is 5. The van der Waals surface area contributed by atoms with Crippen LogP contribution in [0.3, 0.4) is 0 Å². The van der Waals surface area contributed by atoms with Crippen molar-refractivity contribution in [3.8, 4) is 0 Å². The van der Waals surface area contributed by atoms with E-state index in [-0.39, 0.29) is 1.43 Å². The number of hydrogen-bond acceptors (Lipinski definition) is 2. The van der Waals surface area contributed by atoms with Crippen LogP contribution >= 0.6 is 0 Å². The van der Waals surface area contributed by atoms with Crippen LogP contribution in [0.15, 0.2) is 0 Å². The predicted octanol–water partition coefficient (Wildman–Crippen LogP) is 1.27. The molecule has 0 radical (unpaired) electrons. The third-order valence-corrected chi connectivity index (χ3v) is 1.00. The predicted molar refractivity (Wildman–Crippen MR) is 41.7 cm³/mol. The molecular weight excluding hydrogens is 114 g/mol. The van der Waals surface area contributed by atoms with Gasteiger partial charge in [0.2, 0.25) is 0 Å². The van der Waals surface area contributed by atoms with Gasteiger partial charge < -0.3 is 10.1 Å². The van der Waals surface area contributed by atoms with Crippen LogP contribution in [-0.4, -0.2) is 25.8 Å². The highest BCUT2D eigenvalue weighted by atomic mass is 16.5. The van der Waals surface area contributed by atoms with Crippen LogP contribution in [0.25, 0.3) is 0 Å². The molecule has 0 aromatic heterocycles. The second kappa shape index (κ2) is 6.05. The molecule has 0 saturated heterocycles. The molecule has 0 amide bonds. The highest BCUT2D eigenvalue weighted by molar-refractivity contribution is 4.50. The SMILES string of the molecule is CCOCCNC(C)C.[HH]. The van der Waals surface area contributed by atoms with Gasteiger partial charge in [-0.15, -0.1) is 0 Å². The van der Waals surface area contributed by atoms with Crippen LogP contribution in [0, 0.1) is 0 Å². The van der Waals surface area contributed by atoms with E-state index in [2.05, 4.69) is 19.2 Å². The first kappa shape index (κ1) is 8.92. The topological polar surface area (TPSA) is 21.3 Å². The minimum absolute atomic E-state index is 0. The minimum Gasteiger partial charge on any atom is -0.380 e. The van der Waals surface area contributed by atoms with Crippen LogP contribution in [0.5, 0.6) is 0 Å². The van der Waals surface area contributed by atoms with E-state index in [4.69, 9.17) is 4.74 Å². The van der Waals surface area contributed by atoms with Crippen molar-refractivity contribution in [2.24, 2.45) is 0 Å². The van der Waals surface area contributed by atoms with Gasteiger partial charge in [-0.1, -0.05) is 13.8 Å². The summed E-state index contributed by atoms with van der Waals surface area (Å²) in [7, 11) is 0. The average Bonchev–Trinajstić information content (AvgIpc) is 1.80. The third-order valence-electron chi connectivity index (χ3n) is 1.00. The Labute approximate surface area is 59.1 Å². The van der Waals surface area contributed by atoms with Gasteiger partial charge in [0, 0.05) is 20.6 Å². The molecule has 0 aromatic rings. The third kappa shape index (κ3) is 7.92. The Morgan fingerprint density at radius 1 is 1.56 bits per heavy atom. The first-order chi connectivity index (χ1) is 4.27. The summed E-state index contributed by atoms with van der Waals surface area (Å²) in [6.45, 7) is 8.88. The molecule has 2 nitrogen and oxygen atoms in total. The molecule has 0 fully saturated rings. The lowest BCUT2D eigenvalue weighted by Gasteiger charge is -2.06. The summed E-state index contributed by atoms with van der Waals surface area (Å²) < 4.78 is 5.12. The summed E-state index contributed by atoms with van der Waals surface area (Å²) in [5.41, 5.74) is 0. The molecule has 1 N–H and O–H groups in total. The first-order valence-corrected chi connectivity index (χ1v) is 3.58. The van der Waals surface area contributed by atoms with Crippen molar-refractivity contribution in [1.82, 2.24) is 5.32 Å². The normalized spacial score (nSPS) is 10.7. The van der Waals surface area contributed by atoms with E-state index in [9.17, 15) is 0 Å². The number of nitrogens with one attached hydrogen (secondary N) is 1. The molecule has 0 bridgehead atoms. The van der Waals surface area contributed by atoms with Crippen molar-refractivity contribution < 1.29 is 6.16 Å². The molecule has 0 aliphatic carbocycles. The fourth-order valence-corrected chi connectivity index (χ4v) is 0.564. The zero-order valence-corrected chi connectivity index (χ0v) is 6.61. The Bertz CT molecular complexity index is 59.6. The summed E-state index contributed by atoms with van der Waals surface area (Å²) >= 11 is 0. The Kier molecular flexibility index (Phi) is 5.99. The molecule has 0 spiro atoms. The average molecular weight is 133 g/mol. The van der Waals surface area contributed by atoms with Gasteiger partial charge in [-0.3, -0.25) is 0 Å². The number of ether oxygens (including phenoxy) is 1. The fraction of sp³-hybridized carbons (Fsp3) is 1.00. The van der Waals surface area contributed by atoms with Crippen LogP contribution in [0.4, 0.5) is 0 Å². The maximum absolute atomic E-state index is 5.12. The van der Waals surface area contributed by atoms with Gasteiger partial charge in [0.25, 0.3) is 0 Å². The standard InChI is InChI=1S/C7H17NO.H2/c1-4-9-6-5-8-7(2)3;/h7-8H,4-6H2,1-3H3;1H. The Morgan fingerprint density at radius 3 is 2.67 bits per heavy atom. The Balaban J connectivity index is 0. The summed E-state index contributed by atoms with van der Waals surface area (Å²) in [6.07, 6.45) is 0. The largest absolute Gasteiger partial charge is 0.380 e. The van der Waals surface area contributed by atoms with Crippen LogP contribution < -0.4 is 5.32 Å². The second-order valence-corrected chi connectivity index (χ2v) is 2.31. The van der Waals surface area contributed by atoms with Crippen molar-refractivity contribution in [2.75, 3.05) is 19.8 Å². The van der Waals surface area contributed by atoms with E-state index < -0.39 is 0 Å². The van der Waals surface area contributed by atoms with E-state index >= 15 is 0 Å². The maximum Gasteiger partial charge on any atom is 0.0590 e. The van der Waals surface area contributed by atoms with Gasteiger partial charge >= 0.3 is 0 Å². The zero-order valence-electron chi connectivity index (χ0n) is 6.61. The molecule has 58 valence electrons.